The molecule has 0 aromatic heterocycles. The third-order valence-electron chi connectivity index (χ3n) is 4.23. The van der Waals surface area contributed by atoms with E-state index in [2.05, 4.69) is 5.32 Å². The fourth-order valence-electron chi connectivity index (χ4n) is 2.84. The Labute approximate surface area is 146 Å². The highest BCUT2D eigenvalue weighted by molar-refractivity contribution is 6.11. The first-order valence-corrected chi connectivity index (χ1v) is 7.99. The number of rotatable bonds is 3. The van der Waals surface area contributed by atoms with Crippen LogP contribution in [0.4, 0.5) is 11.4 Å². The summed E-state index contributed by atoms with van der Waals surface area (Å²) in [6.07, 6.45) is 0. The number of hydrogen-bond donors (Lipinski definition) is 1. The first-order valence-electron chi connectivity index (χ1n) is 7.99. The molecule has 0 spiro atoms. The number of nitrogens with one attached hydrogen (secondary N) is 1. The van der Waals surface area contributed by atoms with Gasteiger partial charge in [-0.3, -0.25) is 9.59 Å². The fraction of sp³-hybridized carbons (Fsp3) is 0.263. The fourth-order valence-corrected chi connectivity index (χ4v) is 2.84. The van der Waals surface area contributed by atoms with E-state index >= 15 is 0 Å². The Hall–Kier alpha value is -3.02. The van der Waals surface area contributed by atoms with Crippen molar-refractivity contribution >= 4 is 23.2 Å². The lowest BCUT2D eigenvalue weighted by molar-refractivity contribution is -0.119. The van der Waals surface area contributed by atoms with Crippen molar-refractivity contribution in [2.75, 3.05) is 31.0 Å². The molecule has 0 bridgehead atoms. The van der Waals surface area contributed by atoms with E-state index in [0.29, 0.717) is 35.0 Å². The molecule has 0 unspecified atom stereocenters. The van der Waals surface area contributed by atoms with Crippen LogP contribution in [0.1, 0.15) is 17.3 Å². The van der Waals surface area contributed by atoms with Crippen molar-refractivity contribution in [3.8, 4) is 11.5 Å². The minimum Gasteiger partial charge on any atom is -0.493 e. The topological polar surface area (TPSA) is 67.9 Å². The molecule has 2 aromatic carbocycles. The molecule has 6 nitrogen and oxygen atoms in total. The van der Waals surface area contributed by atoms with E-state index in [9.17, 15) is 9.59 Å². The van der Waals surface area contributed by atoms with E-state index < -0.39 is 0 Å². The third kappa shape index (κ3) is 3.15. The van der Waals surface area contributed by atoms with Crippen molar-refractivity contribution in [1.82, 2.24) is 0 Å². The quantitative estimate of drug-likeness (QED) is 0.933. The number of para-hydroxylation sites is 2. The number of ether oxygens (including phenoxy) is 2. The SMILES string of the molecule is COc1ccc(C(=O)N2C[C@@H](C)C(=O)Nc3ccccc32)cc1OC. The summed E-state index contributed by atoms with van der Waals surface area (Å²) in [5.41, 5.74) is 1.78. The second-order valence-corrected chi connectivity index (χ2v) is 5.89. The van der Waals surface area contributed by atoms with Crippen LogP contribution in [-0.4, -0.2) is 32.6 Å². The van der Waals surface area contributed by atoms with E-state index in [-0.39, 0.29) is 17.7 Å². The Kier molecular flexibility index (Phi) is 4.61. The molecule has 6 heteroatoms. The molecular formula is C19H20N2O4. The van der Waals surface area contributed by atoms with Crippen LogP contribution in [0, 0.1) is 5.92 Å². The lowest BCUT2D eigenvalue weighted by Crippen LogP contribution is -2.35. The van der Waals surface area contributed by atoms with E-state index in [1.165, 1.54) is 7.11 Å². The van der Waals surface area contributed by atoms with Gasteiger partial charge < -0.3 is 19.7 Å². The number of hydrogen-bond acceptors (Lipinski definition) is 4. The van der Waals surface area contributed by atoms with Crippen LogP contribution < -0.4 is 19.7 Å². The van der Waals surface area contributed by atoms with Crippen molar-refractivity contribution in [3.63, 3.8) is 0 Å². The third-order valence-corrected chi connectivity index (χ3v) is 4.23. The van der Waals surface area contributed by atoms with Crippen molar-refractivity contribution in [1.29, 1.82) is 0 Å². The molecule has 0 radical (unpaired) electrons. The zero-order valence-electron chi connectivity index (χ0n) is 14.4. The zero-order chi connectivity index (χ0) is 18.0. The number of fused-ring (bicyclic) bond motifs is 1. The summed E-state index contributed by atoms with van der Waals surface area (Å²) in [7, 11) is 3.07. The highest BCUT2D eigenvalue weighted by atomic mass is 16.5. The number of nitrogens with zero attached hydrogens (tertiary/aromatic N) is 1. The smallest absolute Gasteiger partial charge is 0.258 e. The normalized spacial score (nSPS) is 16.5. The highest BCUT2D eigenvalue weighted by Crippen LogP contribution is 2.33. The number of carbonyl (C=O) groups excluding carboxylic acids is 2. The number of carbonyl (C=O) groups is 2. The van der Waals surface area contributed by atoms with Crippen LogP contribution in [0.2, 0.25) is 0 Å². The summed E-state index contributed by atoms with van der Waals surface area (Å²) >= 11 is 0. The number of methoxy groups -OCH3 is 2. The molecule has 1 aliphatic heterocycles. The predicted molar refractivity (Wildman–Crippen MR) is 95.5 cm³/mol. The second kappa shape index (κ2) is 6.84. The summed E-state index contributed by atoms with van der Waals surface area (Å²) in [4.78, 5) is 26.9. The first-order chi connectivity index (χ1) is 12.0. The monoisotopic (exact) mass is 340 g/mol. The van der Waals surface area contributed by atoms with E-state index in [1.807, 2.05) is 18.2 Å². The average molecular weight is 340 g/mol. The first kappa shape index (κ1) is 16.8. The van der Waals surface area contributed by atoms with Gasteiger partial charge in [0.05, 0.1) is 31.5 Å². The summed E-state index contributed by atoms with van der Waals surface area (Å²) in [6.45, 7) is 2.10. The minimum atomic E-state index is -0.323. The molecule has 0 saturated heterocycles. The van der Waals surface area contributed by atoms with Crippen LogP contribution in [-0.2, 0) is 4.79 Å². The molecular weight excluding hydrogens is 320 g/mol. The van der Waals surface area contributed by atoms with Gasteiger partial charge in [-0.2, -0.15) is 0 Å². The Morgan fingerprint density at radius 2 is 1.84 bits per heavy atom. The van der Waals surface area contributed by atoms with Crippen molar-refractivity contribution in [3.05, 3.63) is 48.0 Å². The zero-order valence-corrected chi connectivity index (χ0v) is 14.4. The Morgan fingerprint density at radius 1 is 1.12 bits per heavy atom. The van der Waals surface area contributed by atoms with Crippen LogP contribution in [0.15, 0.2) is 42.5 Å². The van der Waals surface area contributed by atoms with Crippen LogP contribution >= 0.6 is 0 Å². The van der Waals surface area contributed by atoms with Gasteiger partial charge in [0.1, 0.15) is 0 Å². The van der Waals surface area contributed by atoms with Crippen LogP contribution in [0.3, 0.4) is 0 Å². The maximum atomic E-state index is 13.1. The largest absolute Gasteiger partial charge is 0.493 e. The van der Waals surface area contributed by atoms with Crippen molar-refractivity contribution in [2.24, 2.45) is 5.92 Å². The molecule has 1 aliphatic rings. The van der Waals surface area contributed by atoms with Gasteiger partial charge in [0.25, 0.3) is 5.91 Å². The maximum absolute atomic E-state index is 13.1. The van der Waals surface area contributed by atoms with Gasteiger partial charge in [-0.15, -0.1) is 0 Å². The summed E-state index contributed by atoms with van der Waals surface area (Å²) < 4.78 is 10.5. The van der Waals surface area contributed by atoms with Gasteiger partial charge >= 0.3 is 0 Å². The lowest BCUT2D eigenvalue weighted by atomic mass is 10.1. The summed E-state index contributed by atoms with van der Waals surface area (Å²) in [5.74, 6) is 0.419. The molecule has 0 fully saturated rings. The predicted octanol–water partition coefficient (Wildman–Crippen LogP) is 2.94. The van der Waals surface area contributed by atoms with Crippen LogP contribution in [0.25, 0.3) is 0 Å². The van der Waals surface area contributed by atoms with Gasteiger partial charge in [0, 0.05) is 12.1 Å². The van der Waals surface area contributed by atoms with Crippen LogP contribution in [0.5, 0.6) is 11.5 Å². The Bertz CT molecular complexity index is 819. The van der Waals surface area contributed by atoms with E-state index in [4.69, 9.17) is 9.47 Å². The van der Waals surface area contributed by atoms with Gasteiger partial charge in [-0.05, 0) is 30.3 Å². The molecule has 1 N–H and O–H groups in total. The van der Waals surface area contributed by atoms with Gasteiger partial charge in [0.2, 0.25) is 5.91 Å². The Morgan fingerprint density at radius 3 is 2.56 bits per heavy atom. The molecule has 0 saturated carbocycles. The van der Waals surface area contributed by atoms with Gasteiger partial charge in [0.15, 0.2) is 11.5 Å². The molecule has 1 heterocycles. The minimum absolute atomic E-state index is 0.102. The molecule has 2 amide bonds. The molecule has 2 aromatic rings. The second-order valence-electron chi connectivity index (χ2n) is 5.89. The molecule has 1 atom stereocenters. The van der Waals surface area contributed by atoms with Crippen molar-refractivity contribution in [2.45, 2.75) is 6.92 Å². The van der Waals surface area contributed by atoms with Gasteiger partial charge in [-0.25, -0.2) is 0 Å². The summed E-state index contributed by atoms with van der Waals surface area (Å²) in [5, 5.41) is 2.87. The molecule has 130 valence electrons. The number of benzene rings is 2. The maximum Gasteiger partial charge on any atom is 0.258 e. The standard InChI is InChI=1S/C19H20N2O4/c1-12-11-21(15-7-5-4-6-14(15)20-18(12)22)19(23)13-8-9-16(24-2)17(10-13)25-3/h4-10,12H,11H2,1-3H3,(H,20,22)/t12-/m1/s1. The Balaban J connectivity index is 2.02. The molecule has 0 aliphatic carbocycles. The molecule has 3 rings (SSSR count). The number of amides is 2. The number of anilines is 2. The lowest BCUT2D eigenvalue weighted by Gasteiger charge is -2.24. The van der Waals surface area contributed by atoms with E-state index in [0.717, 1.165) is 0 Å². The average Bonchev–Trinajstić information content (AvgIpc) is 2.77. The molecule has 25 heavy (non-hydrogen) atoms. The highest BCUT2D eigenvalue weighted by Gasteiger charge is 2.29. The van der Waals surface area contributed by atoms with Crippen molar-refractivity contribution < 1.29 is 19.1 Å². The van der Waals surface area contributed by atoms with Gasteiger partial charge in [-0.1, -0.05) is 19.1 Å². The van der Waals surface area contributed by atoms with E-state index in [1.54, 1.807) is 43.2 Å². The summed E-state index contributed by atoms with van der Waals surface area (Å²) in [6, 6.07) is 12.3.